The second-order valence-electron chi connectivity index (χ2n) is 4.03. The topological polar surface area (TPSA) is 63.7 Å². The van der Waals surface area contributed by atoms with Crippen molar-refractivity contribution in [3.05, 3.63) is 24.3 Å². The highest BCUT2D eigenvalue weighted by atomic mass is 32.2. The highest BCUT2D eigenvalue weighted by molar-refractivity contribution is 7.91. The van der Waals surface area contributed by atoms with Crippen molar-refractivity contribution in [2.24, 2.45) is 0 Å². The van der Waals surface area contributed by atoms with Crippen LogP contribution in [0.4, 0.5) is 5.69 Å². The van der Waals surface area contributed by atoms with E-state index < -0.39 is 9.84 Å². The van der Waals surface area contributed by atoms with Crippen molar-refractivity contribution in [1.29, 1.82) is 0 Å². The van der Waals surface area contributed by atoms with E-state index in [2.05, 4.69) is 0 Å². The summed E-state index contributed by atoms with van der Waals surface area (Å²) < 4.78 is 28.8. The lowest BCUT2D eigenvalue weighted by atomic mass is 10.3. The van der Waals surface area contributed by atoms with Gasteiger partial charge in [0.2, 0.25) is 0 Å². The minimum atomic E-state index is -3.32. The van der Waals surface area contributed by atoms with E-state index in [1.165, 1.54) is 0 Å². The van der Waals surface area contributed by atoms with E-state index in [1.54, 1.807) is 50.1 Å². The summed E-state index contributed by atoms with van der Waals surface area (Å²) in [5.74, 6) is -0.356. The number of carbonyl (C=O) groups is 1. The molecule has 0 heterocycles. The van der Waals surface area contributed by atoms with Crippen LogP contribution in [-0.2, 0) is 19.4 Å². The van der Waals surface area contributed by atoms with Gasteiger partial charge in [-0.15, -0.1) is 0 Å². The summed E-state index contributed by atoms with van der Waals surface area (Å²) in [6, 6.07) is 6.65. The van der Waals surface area contributed by atoms with Gasteiger partial charge in [-0.2, -0.15) is 0 Å². The minimum Gasteiger partial charge on any atom is -0.465 e. The van der Waals surface area contributed by atoms with Crippen molar-refractivity contribution in [2.75, 3.05) is 30.9 Å². The Kier molecular flexibility index (Phi) is 5.35. The average Bonchev–Trinajstić information content (AvgIpc) is 2.39. The molecule has 6 heteroatoms. The molecule has 0 amide bonds. The van der Waals surface area contributed by atoms with Gasteiger partial charge in [-0.05, 0) is 19.1 Å². The fourth-order valence-electron chi connectivity index (χ4n) is 1.68. The van der Waals surface area contributed by atoms with Crippen molar-refractivity contribution in [1.82, 2.24) is 0 Å². The first-order valence-corrected chi connectivity index (χ1v) is 7.76. The van der Waals surface area contributed by atoms with Gasteiger partial charge in [0, 0.05) is 7.05 Å². The van der Waals surface area contributed by atoms with E-state index in [9.17, 15) is 13.2 Å². The van der Waals surface area contributed by atoms with Crippen LogP contribution in [0.2, 0.25) is 0 Å². The van der Waals surface area contributed by atoms with Crippen LogP contribution in [0.5, 0.6) is 0 Å². The Bertz CT molecular complexity index is 539. The van der Waals surface area contributed by atoms with E-state index >= 15 is 0 Å². The molecule has 0 spiro atoms. The molecule has 0 atom stereocenters. The average molecular weight is 285 g/mol. The lowest BCUT2D eigenvalue weighted by Gasteiger charge is -2.21. The molecule has 0 unspecified atom stereocenters. The minimum absolute atomic E-state index is 0.0179. The van der Waals surface area contributed by atoms with Gasteiger partial charge in [-0.25, -0.2) is 8.42 Å². The highest BCUT2D eigenvalue weighted by Crippen LogP contribution is 2.24. The quantitative estimate of drug-likeness (QED) is 0.741. The number of benzene rings is 1. The summed E-state index contributed by atoms with van der Waals surface area (Å²) in [4.78, 5) is 13.3. The smallest absolute Gasteiger partial charge is 0.325 e. The van der Waals surface area contributed by atoms with Gasteiger partial charge in [0.05, 0.1) is 22.9 Å². The summed E-state index contributed by atoms with van der Waals surface area (Å²) in [5, 5.41) is 0. The maximum absolute atomic E-state index is 12.0. The number of esters is 1. The standard InChI is InChI=1S/C13H19NO4S/c1-4-18-13(15)10-14(3)11-8-6-7-9-12(11)19(16,17)5-2/h6-9H,4-5,10H2,1-3H3. The molecule has 1 rings (SSSR count). The van der Waals surface area contributed by atoms with Gasteiger partial charge in [0.25, 0.3) is 0 Å². The number of likely N-dealkylation sites (N-methyl/N-ethyl adjacent to an activating group) is 1. The lowest BCUT2D eigenvalue weighted by Crippen LogP contribution is -2.28. The first-order chi connectivity index (χ1) is 8.92. The van der Waals surface area contributed by atoms with Crippen LogP contribution in [0.15, 0.2) is 29.2 Å². The summed E-state index contributed by atoms with van der Waals surface area (Å²) >= 11 is 0. The van der Waals surface area contributed by atoms with Crippen LogP contribution >= 0.6 is 0 Å². The number of hydrogen-bond donors (Lipinski definition) is 0. The van der Waals surface area contributed by atoms with Crippen LogP contribution in [0, 0.1) is 0 Å². The summed E-state index contributed by atoms with van der Waals surface area (Å²) in [6.45, 7) is 3.65. The normalized spacial score (nSPS) is 11.1. The molecule has 0 radical (unpaired) electrons. The molecule has 0 saturated heterocycles. The molecule has 19 heavy (non-hydrogen) atoms. The monoisotopic (exact) mass is 285 g/mol. The zero-order valence-corrected chi connectivity index (χ0v) is 12.2. The fourth-order valence-corrected chi connectivity index (χ4v) is 2.82. The number of carbonyl (C=O) groups excluding carboxylic acids is 1. The largest absolute Gasteiger partial charge is 0.465 e. The van der Waals surface area contributed by atoms with Crippen molar-refractivity contribution < 1.29 is 17.9 Å². The molecule has 1 aromatic carbocycles. The molecular weight excluding hydrogens is 266 g/mol. The molecule has 0 bridgehead atoms. The third kappa shape index (κ3) is 3.96. The van der Waals surface area contributed by atoms with Gasteiger partial charge in [0.15, 0.2) is 9.84 Å². The molecule has 0 aliphatic heterocycles. The summed E-state index contributed by atoms with van der Waals surface area (Å²) in [5.41, 5.74) is 0.511. The van der Waals surface area contributed by atoms with Crippen LogP contribution in [0.25, 0.3) is 0 Å². The van der Waals surface area contributed by atoms with Gasteiger partial charge < -0.3 is 9.64 Å². The van der Waals surface area contributed by atoms with Gasteiger partial charge >= 0.3 is 5.97 Å². The number of nitrogens with zero attached hydrogens (tertiary/aromatic N) is 1. The maximum atomic E-state index is 12.0. The highest BCUT2D eigenvalue weighted by Gasteiger charge is 2.19. The third-order valence-electron chi connectivity index (χ3n) is 2.66. The van der Waals surface area contributed by atoms with E-state index in [4.69, 9.17) is 4.74 Å². The Labute approximate surface area is 114 Å². The molecule has 0 aromatic heterocycles. The third-order valence-corrected chi connectivity index (χ3v) is 4.44. The van der Waals surface area contributed by atoms with Crippen molar-refractivity contribution in [3.63, 3.8) is 0 Å². The SMILES string of the molecule is CCOC(=O)CN(C)c1ccccc1S(=O)(=O)CC. The van der Waals surface area contributed by atoms with E-state index in [-0.39, 0.29) is 23.2 Å². The molecule has 0 aliphatic carbocycles. The first kappa shape index (κ1) is 15.5. The van der Waals surface area contributed by atoms with Crippen LogP contribution in [0.3, 0.4) is 0 Å². The van der Waals surface area contributed by atoms with Crippen molar-refractivity contribution in [3.8, 4) is 0 Å². The van der Waals surface area contributed by atoms with Gasteiger partial charge in [-0.1, -0.05) is 19.1 Å². The zero-order chi connectivity index (χ0) is 14.5. The summed E-state index contributed by atoms with van der Waals surface area (Å²) in [6.07, 6.45) is 0. The zero-order valence-electron chi connectivity index (χ0n) is 11.4. The van der Waals surface area contributed by atoms with E-state index in [1.807, 2.05) is 0 Å². The van der Waals surface area contributed by atoms with E-state index in [0.29, 0.717) is 12.3 Å². The molecule has 0 fully saturated rings. The van der Waals surface area contributed by atoms with Gasteiger partial charge in [0.1, 0.15) is 6.54 Å². The van der Waals surface area contributed by atoms with Gasteiger partial charge in [-0.3, -0.25) is 4.79 Å². The molecule has 0 aliphatic rings. The fraction of sp³-hybridized carbons (Fsp3) is 0.462. The predicted octanol–water partition coefficient (Wildman–Crippen LogP) is 1.48. The molecule has 5 nitrogen and oxygen atoms in total. The molecular formula is C13H19NO4S. The number of sulfone groups is 1. The van der Waals surface area contributed by atoms with E-state index in [0.717, 1.165) is 0 Å². The number of anilines is 1. The Balaban J connectivity index is 3.04. The number of hydrogen-bond acceptors (Lipinski definition) is 5. The predicted molar refractivity (Wildman–Crippen MR) is 74.1 cm³/mol. The first-order valence-electron chi connectivity index (χ1n) is 6.11. The Morgan fingerprint density at radius 3 is 2.47 bits per heavy atom. The van der Waals surface area contributed by atoms with Crippen molar-refractivity contribution >= 4 is 21.5 Å². The molecule has 0 saturated carbocycles. The maximum Gasteiger partial charge on any atom is 0.325 e. The van der Waals surface area contributed by atoms with Crippen LogP contribution in [-0.4, -0.2) is 40.3 Å². The Morgan fingerprint density at radius 1 is 1.26 bits per heavy atom. The number of ether oxygens (including phenoxy) is 1. The summed E-state index contributed by atoms with van der Waals surface area (Å²) in [7, 11) is -1.65. The second kappa shape index (κ2) is 6.56. The lowest BCUT2D eigenvalue weighted by molar-refractivity contribution is -0.141. The number of para-hydroxylation sites is 1. The molecule has 106 valence electrons. The number of rotatable bonds is 6. The van der Waals surface area contributed by atoms with Crippen LogP contribution in [0.1, 0.15) is 13.8 Å². The Hall–Kier alpha value is -1.56. The van der Waals surface area contributed by atoms with Crippen LogP contribution < -0.4 is 4.90 Å². The molecule has 1 aromatic rings. The van der Waals surface area contributed by atoms with Crippen molar-refractivity contribution in [2.45, 2.75) is 18.7 Å². The molecule has 0 N–H and O–H groups in total. The Morgan fingerprint density at radius 2 is 1.89 bits per heavy atom. The second-order valence-corrected chi connectivity index (χ2v) is 6.28.